The number of ether oxygens (including phenoxy) is 3. The fourth-order valence-corrected chi connectivity index (χ4v) is 8.88. The third-order valence-electron chi connectivity index (χ3n) is 13.8. The zero-order valence-electron chi connectivity index (χ0n) is 52.5. The molecule has 0 heterocycles. The van der Waals surface area contributed by atoms with E-state index in [0.29, 0.717) is 19.3 Å². The quantitative estimate of drug-likeness (QED) is 0.0261. The van der Waals surface area contributed by atoms with Gasteiger partial charge in [-0.1, -0.05) is 276 Å². The molecule has 0 aromatic rings. The van der Waals surface area contributed by atoms with Gasteiger partial charge in [-0.25, -0.2) is 0 Å². The molecular weight excluding hydrogens is 997 g/mol. The molecule has 458 valence electrons. The molecule has 0 radical (unpaired) electrons. The maximum Gasteiger partial charge on any atom is 0.306 e. The van der Waals surface area contributed by atoms with Crippen LogP contribution < -0.4 is 0 Å². The van der Waals surface area contributed by atoms with Crippen LogP contribution in [0.2, 0.25) is 0 Å². The van der Waals surface area contributed by atoms with Crippen molar-refractivity contribution in [3.63, 3.8) is 0 Å². The number of hydrogen-bond donors (Lipinski definition) is 0. The summed E-state index contributed by atoms with van der Waals surface area (Å²) in [6.07, 6.45) is 97.0. The first-order chi connectivity index (χ1) is 40.0. The third-order valence-corrected chi connectivity index (χ3v) is 13.8. The summed E-state index contributed by atoms with van der Waals surface area (Å²) in [7, 11) is 0. The Morgan fingerprint density at radius 3 is 0.765 bits per heavy atom. The number of hydrogen-bond acceptors (Lipinski definition) is 6. The second kappa shape index (κ2) is 67.8. The van der Waals surface area contributed by atoms with Crippen LogP contribution in [0.4, 0.5) is 0 Å². The van der Waals surface area contributed by atoms with Gasteiger partial charge < -0.3 is 14.2 Å². The first-order valence-electron chi connectivity index (χ1n) is 33.3. The molecule has 0 rings (SSSR count). The van der Waals surface area contributed by atoms with Crippen LogP contribution in [0.1, 0.15) is 290 Å². The molecule has 0 saturated heterocycles. The topological polar surface area (TPSA) is 78.9 Å². The normalized spacial score (nSPS) is 13.1. The van der Waals surface area contributed by atoms with Crippen molar-refractivity contribution < 1.29 is 28.6 Å². The Morgan fingerprint density at radius 2 is 0.481 bits per heavy atom. The highest BCUT2D eigenvalue weighted by Crippen LogP contribution is 2.15. The molecule has 0 spiro atoms. The molecule has 0 aromatic carbocycles. The minimum absolute atomic E-state index is 0.0977. The molecule has 0 N–H and O–H groups in total. The van der Waals surface area contributed by atoms with Crippen LogP contribution in [0.15, 0.2) is 146 Å². The zero-order chi connectivity index (χ0) is 58.5. The highest BCUT2D eigenvalue weighted by Gasteiger charge is 2.19. The second-order valence-electron chi connectivity index (χ2n) is 21.6. The lowest BCUT2D eigenvalue weighted by Gasteiger charge is -2.18. The van der Waals surface area contributed by atoms with Crippen molar-refractivity contribution in [3.8, 4) is 0 Å². The van der Waals surface area contributed by atoms with E-state index in [9.17, 15) is 14.4 Å². The van der Waals surface area contributed by atoms with Crippen molar-refractivity contribution in [2.45, 2.75) is 297 Å². The van der Waals surface area contributed by atoms with E-state index in [2.05, 4.69) is 167 Å². The van der Waals surface area contributed by atoms with Crippen molar-refractivity contribution >= 4 is 17.9 Å². The van der Waals surface area contributed by atoms with Crippen LogP contribution in [0.3, 0.4) is 0 Å². The number of esters is 3. The zero-order valence-corrected chi connectivity index (χ0v) is 52.5. The lowest BCUT2D eigenvalue weighted by Crippen LogP contribution is -2.30. The van der Waals surface area contributed by atoms with Gasteiger partial charge in [-0.05, 0) is 141 Å². The molecule has 0 aliphatic heterocycles. The second-order valence-corrected chi connectivity index (χ2v) is 21.6. The average molecular weight is 1120 g/mol. The van der Waals surface area contributed by atoms with Crippen LogP contribution in [-0.4, -0.2) is 37.2 Å². The molecular formula is C75H122O6. The van der Waals surface area contributed by atoms with Gasteiger partial charge in [0.15, 0.2) is 6.10 Å². The van der Waals surface area contributed by atoms with Gasteiger partial charge in [0, 0.05) is 19.3 Å². The molecule has 0 aliphatic rings. The molecule has 0 amide bonds. The Balaban J connectivity index is 4.49. The van der Waals surface area contributed by atoms with Gasteiger partial charge in [0.2, 0.25) is 0 Å². The molecule has 0 fully saturated rings. The van der Waals surface area contributed by atoms with E-state index in [1.165, 1.54) is 96.3 Å². The van der Waals surface area contributed by atoms with E-state index in [1.807, 2.05) is 0 Å². The molecule has 1 atom stereocenters. The minimum atomic E-state index is -0.805. The lowest BCUT2D eigenvalue weighted by molar-refractivity contribution is -0.167. The van der Waals surface area contributed by atoms with Crippen LogP contribution >= 0.6 is 0 Å². The van der Waals surface area contributed by atoms with E-state index in [-0.39, 0.29) is 31.1 Å². The summed E-state index contributed by atoms with van der Waals surface area (Å²) in [4.78, 5) is 38.4. The van der Waals surface area contributed by atoms with Crippen molar-refractivity contribution in [1.29, 1.82) is 0 Å². The molecule has 0 aromatic heterocycles. The summed E-state index contributed by atoms with van der Waals surface area (Å²) in [5.74, 6) is -0.936. The van der Waals surface area contributed by atoms with Gasteiger partial charge in [0.1, 0.15) is 13.2 Å². The summed E-state index contributed by atoms with van der Waals surface area (Å²) in [6.45, 7) is 6.39. The molecule has 0 saturated carbocycles. The van der Waals surface area contributed by atoms with E-state index in [0.717, 1.165) is 154 Å². The van der Waals surface area contributed by atoms with Crippen LogP contribution in [0.25, 0.3) is 0 Å². The Hall–Kier alpha value is -4.71. The number of unbranched alkanes of at least 4 members (excludes halogenated alkanes) is 24. The Morgan fingerprint density at radius 1 is 0.259 bits per heavy atom. The fraction of sp³-hybridized carbons (Fsp3) is 0.640. The summed E-state index contributed by atoms with van der Waals surface area (Å²) in [5.41, 5.74) is 0. The molecule has 0 bridgehead atoms. The van der Waals surface area contributed by atoms with Gasteiger partial charge >= 0.3 is 17.9 Å². The Bertz CT molecular complexity index is 1760. The van der Waals surface area contributed by atoms with Crippen molar-refractivity contribution in [1.82, 2.24) is 0 Å². The van der Waals surface area contributed by atoms with Crippen LogP contribution in [-0.2, 0) is 28.6 Å². The number of rotatable bonds is 59. The SMILES string of the molecule is CC/C=C\C/C=C\C/C=C\C/C=C\C/C=C\C/C=C\CCCCCCC(=O)OCC(COC(=O)CCCCCCCCC/C=C\CCCCCCCC)OC(=O)CCCCCCCCC/C=C\C/C=C\C/C=C\C/C=C\C/C=C\CC. The molecule has 81 heavy (non-hydrogen) atoms. The predicted octanol–water partition coefficient (Wildman–Crippen LogP) is 23.1. The number of carbonyl (C=O) groups is 3. The Labute approximate surface area is 499 Å². The molecule has 6 heteroatoms. The summed E-state index contributed by atoms with van der Waals surface area (Å²) >= 11 is 0. The summed E-state index contributed by atoms with van der Waals surface area (Å²) in [6, 6.07) is 0. The van der Waals surface area contributed by atoms with Gasteiger partial charge in [-0.3, -0.25) is 14.4 Å². The smallest absolute Gasteiger partial charge is 0.306 e. The van der Waals surface area contributed by atoms with Gasteiger partial charge in [-0.2, -0.15) is 0 Å². The third kappa shape index (κ3) is 66.0. The number of allylic oxidation sites excluding steroid dienone is 24. The highest BCUT2D eigenvalue weighted by atomic mass is 16.6. The fourth-order valence-electron chi connectivity index (χ4n) is 8.88. The van der Waals surface area contributed by atoms with Gasteiger partial charge in [-0.15, -0.1) is 0 Å². The maximum absolute atomic E-state index is 13.0. The highest BCUT2D eigenvalue weighted by molar-refractivity contribution is 5.71. The standard InChI is InChI=1S/C75H122O6/c1-4-7-10-13-16-19-22-25-28-31-33-35-37-39-41-44-47-50-53-56-59-62-65-68-74(77)80-71-72(70-79-73(76)67-64-61-58-55-52-49-46-43-30-27-24-21-18-15-12-9-6-3)81-75(78)69-66-63-60-57-54-51-48-45-42-40-38-36-34-32-29-26-23-20-17-14-11-8-5-2/h7-8,10-11,16-17,19-20,25-30,33-36,39-42,47,50,72H,4-6,9,12-15,18,21-24,31-32,37-38,43-46,48-49,51-71H2,1-3H3/b10-7-,11-8-,19-16-,20-17-,28-25-,29-26-,30-27-,35-33-,36-34-,41-39-,42-40-,50-47-. The van der Waals surface area contributed by atoms with Crippen LogP contribution in [0, 0.1) is 0 Å². The van der Waals surface area contributed by atoms with Crippen molar-refractivity contribution in [3.05, 3.63) is 146 Å². The predicted molar refractivity (Wildman–Crippen MR) is 352 cm³/mol. The minimum Gasteiger partial charge on any atom is -0.462 e. The van der Waals surface area contributed by atoms with Crippen molar-refractivity contribution in [2.24, 2.45) is 0 Å². The summed E-state index contributed by atoms with van der Waals surface area (Å²) in [5, 5.41) is 0. The molecule has 1 unspecified atom stereocenters. The summed E-state index contributed by atoms with van der Waals surface area (Å²) < 4.78 is 16.9. The number of carbonyl (C=O) groups excluding carboxylic acids is 3. The van der Waals surface area contributed by atoms with E-state index >= 15 is 0 Å². The van der Waals surface area contributed by atoms with Gasteiger partial charge in [0.05, 0.1) is 0 Å². The van der Waals surface area contributed by atoms with E-state index in [1.54, 1.807) is 0 Å². The monoisotopic (exact) mass is 1120 g/mol. The largest absolute Gasteiger partial charge is 0.462 e. The van der Waals surface area contributed by atoms with Crippen molar-refractivity contribution in [2.75, 3.05) is 13.2 Å². The maximum atomic E-state index is 13.0. The Kier molecular flexibility index (Phi) is 63.9. The van der Waals surface area contributed by atoms with E-state index < -0.39 is 6.10 Å². The van der Waals surface area contributed by atoms with E-state index in [4.69, 9.17) is 14.2 Å². The average Bonchev–Trinajstić information content (AvgIpc) is 3.47. The molecule has 6 nitrogen and oxygen atoms in total. The lowest BCUT2D eigenvalue weighted by atomic mass is 10.1. The molecule has 0 aliphatic carbocycles. The first-order valence-corrected chi connectivity index (χ1v) is 33.3. The first kappa shape index (κ1) is 76.3. The van der Waals surface area contributed by atoms with Crippen LogP contribution in [0.5, 0.6) is 0 Å². The van der Waals surface area contributed by atoms with Gasteiger partial charge in [0.25, 0.3) is 0 Å².